The van der Waals surface area contributed by atoms with Gasteiger partial charge in [-0.25, -0.2) is 9.97 Å². The van der Waals surface area contributed by atoms with Crippen molar-refractivity contribution in [2.24, 2.45) is 0 Å². The fourth-order valence-electron chi connectivity index (χ4n) is 3.08. The van der Waals surface area contributed by atoms with Crippen LogP contribution in [0.4, 0.5) is 0 Å². The molecule has 5 heteroatoms. The molecule has 0 spiro atoms. The molecule has 2 N–H and O–H groups in total. The molecule has 0 aliphatic rings. The maximum atomic E-state index is 8.07. The van der Waals surface area contributed by atoms with Crippen molar-refractivity contribution in [3.63, 3.8) is 0 Å². The number of aromatic nitrogens is 3. The molecule has 0 atom stereocenters. The molecule has 0 radical (unpaired) electrons. The van der Waals surface area contributed by atoms with Gasteiger partial charge in [-0.1, -0.05) is 27.2 Å². The summed E-state index contributed by atoms with van der Waals surface area (Å²) in [4.78, 5) is 12.9. The Morgan fingerprint density at radius 3 is 2.43 bits per heavy atom. The summed E-state index contributed by atoms with van der Waals surface area (Å²) in [6.45, 7) is 11.4. The van der Waals surface area contributed by atoms with Crippen LogP contribution in [0.15, 0.2) is 24.4 Å². The molecule has 0 aliphatic heterocycles. The number of unbranched alkanes of at least 4 members (excludes halogenated alkanes) is 1. The minimum Gasteiger partial charge on any atom is -0.478 e. The average molecular weight is 384 g/mol. The molecule has 3 aromatic heterocycles. The molecule has 0 unspecified atom stereocenters. The fraction of sp³-hybridized carbons (Fsp3) is 0.478. The zero-order valence-electron chi connectivity index (χ0n) is 17.8. The molecule has 0 bridgehead atoms. The number of aliphatic hydroxyl groups excluding tert-OH is 1. The van der Waals surface area contributed by atoms with Crippen molar-refractivity contribution >= 4 is 11.0 Å². The van der Waals surface area contributed by atoms with E-state index in [1.165, 1.54) is 11.1 Å². The van der Waals surface area contributed by atoms with Crippen LogP contribution in [0.2, 0.25) is 0 Å². The van der Waals surface area contributed by atoms with Crippen LogP contribution < -0.4 is 4.74 Å². The average Bonchev–Trinajstić information content (AvgIpc) is 3.08. The first kappa shape index (κ1) is 21.9. The van der Waals surface area contributed by atoms with E-state index in [9.17, 15) is 0 Å². The van der Waals surface area contributed by atoms with Crippen molar-refractivity contribution in [1.29, 1.82) is 0 Å². The summed E-state index contributed by atoms with van der Waals surface area (Å²) in [5.74, 6) is 0.685. The second-order valence-corrected chi connectivity index (χ2v) is 6.72. The Morgan fingerprint density at radius 1 is 1.07 bits per heavy atom. The Hall–Kier alpha value is -2.40. The van der Waals surface area contributed by atoms with Gasteiger partial charge < -0.3 is 14.8 Å². The van der Waals surface area contributed by atoms with E-state index in [1.54, 1.807) is 0 Å². The molecule has 0 aliphatic carbocycles. The smallest absolute Gasteiger partial charge is 0.213 e. The van der Waals surface area contributed by atoms with Gasteiger partial charge in [0.15, 0.2) is 0 Å². The molecule has 28 heavy (non-hydrogen) atoms. The highest BCUT2D eigenvalue weighted by Crippen LogP contribution is 2.30. The molecule has 152 valence electrons. The quantitative estimate of drug-likeness (QED) is 0.585. The molecule has 0 fully saturated rings. The van der Waals surface area contributed by atoms with Crippen molar-refractivity contribution in [2.75, 3.05) is 13.2 Å². The largest absolute Gasteiger partial charge is 0.478 e. The first-order valence-corrected chi connectivity index (χ1v) is 10.3. The van der Waals surface area contributed by atoms with Gasteiger partial charge >= 0.3 is 0 Å². The van der Waals surface area contributed by atoms with Crippen molar-refractivity contribution in [1.82, 2.24) is 15.0 Å². The van der Waals surface area contributed by atoms with E-state index >= 15 is 0 Å². The number of hydrogen-bond acceptors (Lipinski definition) is 4. The van der Waals surface area contributed by atoms with E-state index in [1.807, 2.05) is 19.2 Å². The van der Waals surface area contributed by atoms with Crippen molar-refractivity contribution in [2.45, 2.75) is 60.3 Å². The number of nitrogens with one attached hydrogen (secondary N) is 1. The zero-order valence-corrected chi connectivity index (χ0v) is 17.8. The Balaban J connectivity index is 0.000000500. The van der Waals surface area contributed by atoms with Gasteiger partial charge in [-0.05, 0) is 56.4 Å². The van der Waals surface area contributed by atoms with Crippen molar-refractivity contribution in [3.8, 4) is 17.1 Å². The third-order valence-electron chi connectivity index (χ3n) is 4.64. The summed E-state index contributed by atoms with van der Waals surface area (Å²) < 4.78 is 5.54. The minimum absolute atomic E-state index is 0.344. The number of pyridine rings is 2. The monoisotopic (exact) mass is 383 g/mol. The molecule has 0 amide bonds. The van der Waals surface area contributed by atoms with Gasteiger partial charge in [0.1, 0.15) is 0 Å². The Bertz CT molecular complexity index is 885. The van der Waals surface area contributed by atoms with Crippen LogP contribution in [-0.4, -0.2) is 33.3 Å². The lowest BCUT2D eigenvalue weighted by Crippen LogP contribution is -2.01. The number of aromatic amines is 1. The van der Waals surface area contributed by atoms with Crippen LogP contribution in [0.25, 0.3) is 22.3 Å². The number of aliphatic hydroxyl groups is 1. The lowest BCUT2D eigenvalue weighted by molar-refractivity contribution is 0.287. The molecule has 3 heterocycles. The number of ether oxygens (including phenoxy) is 1. The van der Waals surface area contributed by atoms with E-state index in [-0.39, 0.29) is 0 Å². The van der Waals surface area contributed by atoms with Gasteiger partial charge in [-0.2, -0.15) is 0 Å². The van der Waals surface area contributed by atoms with Crippen LogP contribution in [0.1, 0.15) is 57.4 Å². The van der Waals surface area contributed by atoms with Gasteiger partial charge in [0.2, 0.25) is 5.88 Å². The Labute approximate surface area is 168 Å². The standard InChI is InChI=1S/C19H23N3O.C4H10O/c1-5-13-10-16-18(12(4)11-20-16)22-19(13)14-8-9-17(23-7-3)21-15(14)6-2;1-2-3-4-5/h8-11,20H,5-7H2,1-4H3;5H,2-4H2,1H3. The van der Waals surface area contributed by atoms with Crippen LogP contribution in [0, 0.1) is 6.92 Å². The number of nitrogens with zero attached hydrogens (tertiary/aromatic N) is 2. The first-order chi connectivity index (χ1) is 13.6. The summed E-state index contributed by atoms with van der Waals surface area (Å²) in [5, 5.41) is 8.07. The van der Waals surface area contributed by atoms with Crippen LogP contribution in [-0.2, 0) is 12.8 Å². The maximum Gasteiger partial charge on any atom is 0.213 e. The van der Waals surface area contributed by atoms with E-state index in [0.29, 0.717) is 19.1 Å². The van der Waals surface area contributed by atoms with Gasteiger partial charge in [0.05, 0.1) is 29.0 Å². The van der Waals surface area contributed by atoms with Gasteiger partial charge in [0, 0.05) is 24.4 Å². The summed E-state index contributed by atoms with van der Waals surface area (Å²) in [5.41, 5.74) is 7.71. The molecular formula is C23H33N3O2. The molecule has 3 rings (SSSR count). The molecule has 5 nitrogen and oxygen atoms in total. The highest BCUT2D eigenvalue weighted by Gasteiger charge is 2.15. The maximum absolute atomic E-state index is 8.07. The molecule has 0 saturated heterocycles. The van der Waals surface area contributed by atoms with Crippen LogP contribution >= 0.6 is 0 Å². The first-order valence-electron chi connectivity index (χ1n) is 10.3. The van der Waals surface area contributed by atoms with E-state index in [0.717, 1.165) is 53.7 Å². The normalized spacial score (nSPS) is 10.6. The van der Waals surface area contributed by atoms with Gasteiger partial charge in [0.25, 0.3) is 0 Å². The van der Waals surface area contributed by atoms with E-state index in [2.05, 4.69) is 49.8 Å². The highest BCUT2D eigenvalue weighted by molar-refractivity contribution is 5.83. The summed E-state index contributed by atoms with van der Waals surface area (Å²) in [6, 6.07) is 6.24. The highest BCUT2D eigenvalue weighted by atomic mass is 16.5. The third kappa shape index (κ3) is 5.10. The van der Waals surface area contributed by atoms with Crippen LogP contribution in [0.5, 0.6) is 5.88 Å². The van der Waals surface area contributed by atoms with E-state index in [4.69, 9.17) is 14.8 Å². The lowest BCUT2D eigenvalue weighted by atomic mass is 10.0. The minimum atomic E-state index is 0.344. The lowest BCUT2D eigenvalue weighted by Gasteiger charge is -2.13. The Morgan fingerprint density at radius 2 is 1.86 bits per heavy atom. The van der Waals surface area contributed by atoms with Crippen LogP contribution in [0.3, 0.4) is 0 Å². The SMILES string of the molecule is CCCCO.CCOc1ccc(-c2nc3c(C)c[nH]c3cc2CC)c(CC)n1. The number of aryl methyl sites for hydroxylation is 3. The Kier molecular flexibility index (Phi) is 8.45. The number of H-pyrrole nitrogens is 1. The predicted octanol–water partition coefficient (Wildman–Crippen LogP) is 5.24. The second kappa shape index (κ2) is 10.8. The molecule has 0 aromatic carbocycles. The molecular weight excluding hydrogens is 350 g/mol. The van der Waals surface area contributed by atoms with Gasteiger partial charge in [-0.15, -0.1) is 0 Å². The number of rotatable bonds is 7. The number of fused-ring (bicyclic) bond motifs is 1. The second-order valence-electron chi connectivity index (χ2n) is 6.72. The summed E-state index contributed by atoms with van der Waals surface area (Å²) in [7, 11) is 0. The molecule has 3 aromatic rings. The zero-order chi connectivity index (χ0) is 20.5. The van der Waals surface area contributed by atoms with Crippen molar-refractivity contribution in [3.05, 3.63) is 41.2 Å². The topological polar surface area (TPSA) is 71.0 Å². The molecule has 0 saturated carbocycles. The third-order valence-corrected chi connectivity index (χ3v) is 4.64. The van der Waals surface area contributed by atoms with Crippen molar-refractivity contribution < 1.29 is 9.84 Å². The summed E-state index contributed by atoms with van der Waals surface area (Å²) in [6.07, 6.45) is 5.84. The fourth-order valence-corrected chi connectivity index (χ4v) is 3.08. The summed E-state index contributed by atoms with van der Waals surface area (Å²) >= 11 is 0. The van der Waals surface area contributed by atoms with E-state index < -0.39 is 0 Å². The number of hydrogen-bond donors (Lipinski definition) is 2. The van der Waals surface area contributed by atoms with Gasteiger partial charge in [-0.3, -0.25) is 0 Å². The predicted molar refractivity (Wildman–Crippen MR) is 116 cm³/mol.